The van der Waals surface area contributed by atoms with Gasteiger partial charge in [-0.2, -0.15) is 0 Å². The SMILES string of the molecule is Cc1ccccc1C(=O)N[C@H](C(=O)N1CCCCC1)C1CCN(C(=O)c2ccccc2F)CC1. The van der Waals surface area contributed by atoms with Crippen LogP contribution in [0.5, 0.6) is 0 Å². The molecule has 0 aliphatic carbocycles. The minimum absolute atomic E-state index is 0.0412. The lowest BCUT2D eigenvalue weighted by Gasteiger charge is -2.38. The van der Waals surface area contributed by atoms with Gasteiger partial charge in [-0.15, -0.1) is 0 Å². The van der Waals surface area contributed by atoms with E-state index in [1.807, 2.05) is 30.0 Å². The normalized spacial score (nSPS) is 17.8. The van der Waals surface area contributed by atoms with Gasteiger partial charge in [0.1, 0.15) is 11.9 Å². The molecule has 2 aliphatic heterocycles. The number of aryl methyl sites for hydroxylation is 1. The van der Waals surface area contributed by atoms with E-state index in [0.717, 1.165) is 24.8 Å². The molecule has 0 spiro atoms. The molecule has 0 bridgehead atoms. The highest BCUT2D eigenvalue weighted by Crippen LogP contribution is 2.25. The van der Waals surface area contributed by atoms with Gasteiger partial charge in [0.15, 0.2) is 0 Å². The van der Waals surface area contributed by atoms with E-state index in [1.165, 1.54) is 12.1 Å². The molecule has 2 saturated heterocycles. The molecule has 2 aromatic carbocycles. The van der Waals surface area contributed by atoms with Gasteiger partial charge in [-0.25, -0.2) is 4.39 Å². The first kappa shape index (κ1) is 23.9. The average Bonchev–Trinajstić information content (AvgIpc) is 2.87. The monoisotopic (exact) mass is 465 g/mol. The summed E-state index contributed by atoms with van der Waals surface area (Å²) in [6, 6.07) is 12.7. The highest BCUT2D eigenvalue weighted by atomic mass is 19.1. The molecule has 0 unspecified atom stereocenters. The van der Waals surface area contributed by atoms with E-state index < -0.39 is 11.9 Å². The smallest absolute Gasteiger partial charge is 0.256 e. The van der Waals surface area contributed by atoms with Gasteiger partial charge in [0.05, 0.1) is 5.56 Å². The zero-order valence-electron chi connectivity index (χ0n) is 19.6. The van der Waals surface area contributed by atoms with Crippen molar-refractivity contribution in [3.05, 3.63) is 71.0 Å². The quantitative estimate of drug-likeness (QED) is 0.730. The van der Waals surface area contributed by atoms with E-state index in [0.29, 0.717) is 44.6 Å². The Morgan fingerprint density at radius 1 is 0.853 bits per heavy atom. The Balaban J connectivity index is 1.48. The van der Waals surface area contributed by atoms with Crippen LogP contribution in [-0.2, 0) is 4.79 Å². The van der Waals surface area contributed by atoms with Crippen molar-refractivity contribution in [1.82, 2.24) is 15.1 Å². The molecule has 0 radical (unpaired) electrons. The molecule has 0 aromatic heterocycles. The van der Waals surface area contributed by atoms with Crippen LogP contribution >= 0.6 is 0 Å². The van der Waals surface area contributed by atoms with Crippen LogP contribution in [0.1, 0.15) is 58.4 Å². The van der Waals surface area contributed by atoms with Crippen molar-refractivity contribution in [2.24, 2.45) is 5.92 Å². The molecular weight excluding hydrogens is 433 g/mol. The standard InChI is InChI=1S/C27H32FN3O3/c1-19-9-3-4-10-21(19)25(32)29-24(27(34)30-15-7-2-8-16-30)20-13-17-31(18-14-20)26(33)22-11-5-6-12-23(22)28/h3-6,9-12,20,24H,2,7-8,13-18H2,1H3,(H,29,32)/t24-/m0/s1. The summed E-state index contributed by atoms with van der Waals surface area (Å²) < 4.78 is 14.1. The lowest BCUT2D eigenvalue weighted by atomic mass is 9.87. The van der Waals surface area contributed by atoms with Crippen molar-refractivity contribution >= 4 is 17.7 Å². The molecule has 2 heterocycles. The summed E-state index contributed by atoms with van der Waals surface area (Å²) in [5.41, 5.74) is 1.48. The lowest BCUT2D eigenvalue weighted by Crippen LogP contribution is -2.55. The van der Waals surface area contributed by atoms with Gasteiger partial charge in [0.25, 0.3) is 11.8 Å². The van der Waals surface area contributed by atoms with Crippen LogP contribution in [0.3, 0.4) is 0 Å². The number of rotatable bonds is 5. The number of hydrogen-bond donors (Lipinski definition) is 1. The molecule has 0 saturated carbocycles. The summed E-state index contributed by atoms with van der Waals surface area (Å²) in [5.74, 6) is -1.25. The average molecular weight is 466 g/mol. The molecule has 2 aromatic rings. The number of carbonyl (C=O) groups is 3. The van der Waals surface area contributed by atoms with Crippen LogP contribution in [0, 0.1) is 18.7 Å². The molecule has 2 aliphatic rings. The Hall–Kier alpha value is -3.22. The highest BCUT2D eigenvalue weighted by Gasteiger charge is 2.37. The Bertz CT molecular complexity index is 1040. The van der Waals surface area contributed by atoms with E-state index in [2.05, 4.69) is 5.32 Å². The third kappa shape index (κ3) is 5.29. The fourth-order valence-corrected chi connectivity index (χ4v) is 4.98. The maximum atomic E-state index is 14.1. The zero-order chi connectivity index (χ0) is 24.1. The topological polar surface area (TPSA) is 69.7 Å². The van der Waals surface area contributed by atoms with Gasteiger partial charge < -0.3 is 15.1 Å². The molecule has 7 heteroatoms. The van der Waals surface area contributed by atoms with E-state index in [1.54, 1.807) is 23.1 Å². The van der Waals surface area contributed by atoms with E-state index in [4.69, 9.17) is 0 Å². The number of nitrogens with one attached hydrogen (secondary N) is 1. The third-order valence-corrected chi connectivity index (χ3v) is 7.01. The first-order chi connectivity index (χ1) is 16.5. The minimum atomic E-state index is -0.643. The van der Waals surface area contributed by atoms with Gasteiger partial charge in [-0.3, -0.25) is 14.4 Å². The first-order valence-corrected chi connectivity index (χ1v) is 12.1. The fraction of sp³-hybridized carbons (Fsp3) is 0.444. The maximum Gasteiger partial charge on any atom is 0.256 e. The lowest BCUT2D eigenvalue weighted by molar-refractivity contribution is -0.136. The zero-order valence-corrected chi connectivity index (χ0v) is 19.6. The molecule has 1 atom stereocenters. The predicted molar refractivity (Wildman–Crippen MR) is 128 cm³/mol. The van der Waals surface area contributed by atoms with Crippen LogP contribution in [-0.4, -0.2) is 59.7 Å². The second-order valence-electron chi connectivity index (χ2n) is 9.26. The first-order valence-electron chi connectivity index (χ1n) is 12.1. The Morgan fingerprint density at radius 2 is 1.47 bits per heavy atom. The molecular formula is C27H32FN3O3. The van der Waals surface area contributed by atoms with Crippen molar-refractivity contribution < 1.29 is 18.8 Å². The van der Waals surface area contributed by atoms with Gasteiger partial charge in [-0.1, -0.05) is 30.3 Å². The van der Waals surface area contributed by atoms with Crippen molar-refractivity contribution in [2.75, 3.05) is 26.2 Å². The summed E-state index contributed by atoms with van der Waals surface area (Å²) in [7, 11) is 0. The largest absolute Gasteiger partial charge is 0.341 e. The van der Waals surface area contributed by atoms with Crippen LogP contribution in [0.4, 0.5) is 4.39 Å². The summed E-state index contributed by atoms with van der Waals surface area (Å²) in [6.45, 7) is 4.13. The summed E-state index contributed by atoms with van der Waals surface area (Å²) >= 11 is 0. The summed E-state index contributed by atoms with van der Waals surface area (Å²) in [4.78, 5) is 42.9. The Kier molecular flexibility index (Phi) is 7.60. The van der Waals surface area contributed by atoms with Crippen LogP contribution in [0.25, 0.3) is 0 Å². The number of likely N-dealkylation sites (tertiary alicyclic amines) is 2. The van der Waals surface area contributed by atoms with Gasteiger partial charge in [0, 0.05) is 31.7 Å². The van der Waals surface area contributed by atoms with Crippen molar-refractivity contribution in [3.63, 3.8) is 0 Å². The molecule has 3 amide bonds. The van der Waals surface area contributed by atoms with Gasteiger partial charge in [0.2, 0.25) is 5.91 Å². The highest BCUT2D eigenvalue weighted by molar-refractivity contribution is 5.99. The Labute approximate surface area is 200 Å². The number of halogens is 1. The molecule has 1 N–H and O–H groups in total. The van der Waals surface area contributed by atoms with Gasteiger partial charge in [-0.05, 0) is 68.7 Å². The van der Waals surface area contributed by atoms with Crippen LogP contribution < -0.4 is 5.32 Å². The summed E-state index contributed by atoms with van der Waals surface area (Å²) in [6.07, 6.45) is 4.19. The Morgan fingerprint density at radius 3 is 2.12 bits per heavy atom. The molecule has 6 nitrogen and oxygen atoms in total. The maximum absolute atomic E-state index is 14.1. The molecule has 4 rings (SSSR count). The molecule has 2 fully saturated rings. The minimum Gasteiger partial charge on any atom is -0.341 e. The number of piperidine rings is 2. The van der Waals surface area contributed by atoms with Crippen LogP contribution in [0.15, 0.2) is 48.5 Å². The third-order valence-electron chi connectivity index (χ3n) is 7.01. The van der Waals surface area contributed by atoms with Gasteiger partial charge >= 0.3 is 0 Å². The number of benzene rings is 2. The number of carbonyl (C=O) groups excluding carboxylic acids is 3. The van der Waals surface area contributed by atoms with Crippen molar-refractivity contribution in [2.45, 2.75) is 45.1 Å². The molecule has 180 valence electrons. The summed E-state index contributed by atoms with van der Waals surface area (Å²) in [5, 5.41) is 3.03. The van der Waals surface area contributed by atoms with E-state index in [-0.39, 0.29) is 29.2 Å². The second kappa shape index (κ2) is 10.8. The van der Waals surface area contributed by atoms with E-state index >= 15 is 0 Å². The predicted octanol–water partition coefficient (Wildman–Crippen LogP) is 3.80. The van der Waals surface area contributed by atoms with E-state index in [9.17, 15) is 18.8 Å². The number of amides is 3. The molecule has 34 heavy (non-hydrogen) atoms. The fourth-order valence-electron chi connectivity index (χ4n) is 4.98. The second-order valence-corrected chi connectivity index (χ2v) is 9.26. The number of nitrogens with zero attached hydrogens (tertiary/aromatic N) is 2. The van der Waals surface area contributed by atoms with Crippen molar-refractivity contribution in [1.29, 1.82) is 0 Å². The van der Waals surface area contributed by atoms with Crippen LogP contribution in [0.2, 0.25) is 0 Å². The van der Waals surface area contributed by atoms with Crippen molar-refractivity contribution in [3.8, 4) is 0 Å². The number of hydrogen-bond acceptors (Lipinski definition) is 3.